The van der Waals surface area contributed by atoms with Crippen LogP contribution in [0.25, 0.3) is 11.1 Å². The van der Waals surface area contributed by atoms with Crippen LogP contribution < -0.4 is 20.9 Å². The number of carbonyl (C=O) groups is 2. The number of anilines is 1. The smallest absolute Gasteiger partial charge is 0.414 e. The topological polar surface area (TPSA) is 91.9 Å². The highest BCUT2D eigenvalue weighted by atomic mass is 19.1. The molecule has 3 atom stereocenters. The maximum absolute atomic E-state index is 15.1. The first-order chi connectivity index (χ1) is 18.4. The van der Waals surface area contributed by atoms with Gasteiger partial charge in [0.1, 0.15) is 17.7 Å². The third-order valence-corrected chi connectivity index (χ3v) is 6.96. The second kappa shape index (κ2) is 11.1. The number of allylic oxidation sites excluding steroid dienone is 1. The van der Waals surface area contributed by atoms with Crippen molar-refractivity contribution in [2.24, 2.45) is 5.92 Å². The molecule has 0 bridgehead atoms. The average Bonchev–Trinajstić information content (AvgIpc) is 3.50. The van der Waals surface area contributed by atoms with Crippen LogP contribution in [0.3, 0.4) is 0 Å². The number of carbonyl (C=O) groups excluding carboxylic acids is 2. The predicted molar refractivity (Wildman–Crippen MR) is 143 cm³/mol. The average molecular weight is 519 g/mol. The van der Waals surface area contributed by atoms with E-state index in [0.29, 0.717) is 17.8 Å². The summed E-state index contributed by atoms with van der Waals surface area (Å²) in [7, 11) is 1.68. The van der Waals surface area contributed by atoms with Gasteiger partial charge in [-0.25, -0.2) is 9.18 Å². The number of nitrogens with zero attached hydrogens (tertiary/aromatic N) is 1. The van der Waals surface area contributed by atoms with Crippen molar-refractivity contribution in [2.75, 3.05) is 31.6 Å². The van der Waals surface area contributed by atoms with Crippen molar-refractivity contribution in [3.63, 3.8) is 0 Å². The van der Waals surface area contributed by atoms with Gasteiger partial charge in [0, 0.05) is 31.5 Å². The third kappa shape index (κ3) is 5.57. The summed E-state index contributed by atoms with van der Waals surface area (Å²) in [5.74, 6) is 0.533. The Hall–Kier alpha value is -4.11. The summed E-state index contributed by atoms with van der Waals surface area (Å²) in [4.78, 5) is 24.7. The highest BCUT2D eigenvalue weighted by molar-refractivity contribution is 5.90. The van der Waals surface area contributed by atoms with E-state index in [1.165, 1.54) is 23.5 Å². The summed E-state index contributed by atoms with van der Waals surface area (Å²) in [5.41, 5.74) is 3.99. The van der Waals surface area contributed by atoms with E-state index in [1.807, 2.05) is 30.3 Å². The molecule has 3 N–H and O–H groups in total. The molecule has 5 rings (SSSR count). The van der Waals surface area contributed by atoms with Crippen LogP contribution in [0, 0.1) is 11.7 Å². The minimum Gasteiger partial charge on any atom is -0.497 e. The van der Waals surface area contributed by atoms with E-state index in [-0.39, 0.29) is 31.0 Å². The van der Waals surface area contributed by atoms with Crippen molar-refractivity contribution in [3.8, 4) is 11.1 Å². The fraction of sp³-hybridized carbons (Fsp3) is 0.310. The minimum atomic E-state index is -0.556. The number of hydrogen-bond donors (Lipinski definition) is 3. The Morgan fingerprint density at radius 2 is 2.03 bits per heavy atom. The van der Waals surface area contributed by atoms with Gasteiger partial charge in [-0.15, -0.1) is 0 Å². The minimum absolute atomic E-state index is 0.200. The number of nitrogens with one attached hydrogen (secondary N) is 3. The SMILES string of the molecule is COC1=CC2C(CNCc3ccc(-c4ccc(N5C[C@H](CNC(C)=O)OC5=O)cc4F)cc3)=CNC2C=C1. The first-order valence-corrected chi connectivity index (χ1v) is 12.6. The van der Waals surface area contributed by atoms with Crippen LogP contribution >= 0.6 is 0 Å². The van der Waals surface area contributed by atoms with Crippen molar-refractivity contribution in [1.29, 1.82) is 0 Å². The fourth-order valence-electron chi connectivity index (χ4n) is 4.91. The highest BCUT2D eigenvalue weighted by Gasteiger charge is 2.33. The second-order valence-electron chi connectivity index (χ2n) is 9.59. The van der Waals surface area contributed by atoms with Crippen molar-refractivity contribution in [1.82, 2.24) is 16.0 Å². The number of rotatable bonds is 9. The molecule has 0 radical (unpaired) electrons. The normalized spacial score (nSPS) is 21.8. The maximum atomic E-state index is 15.1. The lowest BCUT2D eigenvalue weighted by Gasteiger charge is -2.21. The lowest BCUT2D eigenvalue weighted by atomic mass is 9.90. The molecule has 2 aromatic rings. The Labute approximate surface area is 221 Å². The summed E-state index contributed by atoms with van der Waals surface area (Å²) < 4.78 is 25.7. The highest BCUT2D eigenvalue weighted by Crippen LogP contribution is 2.30. The number of amides is 2. The van der Waals surface area contributed by atoms with Crippen LogP contribution in [-0.4, -0.2) is 50.9 Å². The zero-order valence-corrected chi connectivity index (χ0v) is 21.4. The van der Waals surface area contributed by atoms with Gasteiger partial charge in [0.15, 0.2) is 0 Å². The van der Waals surface area contributed by atoms with E-state index in [9.17, 15) is 9.59 Å². The summed E-state index contributed by atoms with van der Waals surface area (Å²) in [6.45, 7) is 3.30. The van der Waals surface area contributed by atoms with Gasteiger partial charge in [-0.3, -0.25) is 9.69 Å². The first-order valence-electron chi connectivity index (χ1n) is 12.6. The zero-order valence-electron chi connectivity index (χ0n) is 21.4. The molecule has 2 amide bonds. The molecule has 2 heterocycles. The molecule has 0 spiro atoms. The molecule has 2 aliphatic heterocycles. The molecule has 0 aromatic heterocycles. The zero-order chi connectivity index (χ0) is 26.6. The molecule has 1 saturated heterocycles. The first kappa shape index (κ1) is 25.5. The number of methoxy groups -OCH3 is 1. The van der Waals surface area contributed by atoms with Crippen LogP contribution in [0.1, 0.15) is 12.5 Å². The molecular formula is C29H31FN4O4. The molecule has 198 valence electrons. The Morgan fingerprint density at radius 1 is 1.21 bits per heavy atom. The van der Waals surface area contributed by atoms with E-state index >= 15 is 4.39 Å². The summed E-state index contributed by atoms with van der Waals surface area (Å²) in [5, 5.41) is 9.53. The molecule has 9 heteroatoms. The largest absolute Gasteiger partial charge is 0.497 e. The molecule has 3 aliphatic rings. The van der Waals surface area contributed by atoms with Gasteiger partial charge in [0.05, 0.1) is 31.9 Å². The Bertz CT molecular complexity index is 1300. The van der Waals surface area contributed by atoms with Crippen LogP contribution in [0.5, 0.6) is 0 Å². The van der Waals surface area contributed by atoms with E-state index in [2.05, 4.69) is 34.3 Å². The van der Waals surface area contributed by atoms with Crippen molar-refractivity contribution in [2.45, 2.75) is 25.6 Å². The number of hydrogen-bond acceptors (Lipinski definition) is 6. The van der Waals surface area contributed by atoms with Gasteiger partial charge in [-0.2, -0.15) is 0 Å². The monoisotopic (exact) mass is 518 g/mol. The van der Waals surface area contributed by atoms with E-state index < -0.39 is 18.0 Å². The molecule has 38 heavy (non-hydrogen) atoms. The Kier molecular flexibility index (Phi) is 7.46. The second-order valence-corrected chi connectivity index (χ2v) is 9.59. The molecule has 2 aromatic carbocycles. The van der Waals surface area contributed by atoms with Gasteiger partial charge >= 0.3 is 6.09 Å². The summed E-state index contributed by atoms with van der Waals surface area (Å²) in [6, 6.07) is 12.7. The standard InChI is InChI=1S/C29H31FN4O4/c1-18(35)32-16-24-17-34(29(36)38-24)22-7-9-25(27(30)11-22)20-5-3-19(4-6-20)13-31-14-21-15-33-28-10-8-23(37-2)12-26(21)28/h3-12,15,24,26,28,31,33H,13-14,16-17H2,1-2H3,(H,32,35)/t24-,26?,28?/m0/s1. The van der Waals surface area contributed by atoms with Gasteiger partial charge in [-0.1, -0.05) is 30.3 Å². The van der Waals surface area contributed by atoms with Crippen molar-refractivity contribution >= 4 is 17.7 Å². The molecule has 1 fully saturated rings. The molecular weight excluding hydrogens is 487 g/mol. The summed E-state index contributed by atoms with van der Waals surface area (Å²) in [6.07, 6.45) is 7.30. The van der Waals surface area contributed by atoms with Crippen LogP contribution in [-0.2, 0) is 20.8 Å². The Morgan fingerprint density at radius 3 is 2.76 bits per heavy atom. The Balaban J connectivity index is 1.16. The van der Waals surface area contributed by atoms with E-state index in [1.54, 1.807) is 19.2 Å². The molecule has 2 unspecified atom stereocenters. The van der Waals surface area contributed by atoms with E-state index in [4.69, 9.17) is 9.47 Å². The van der Waals surface area contributed by atoms with Crippen molar-refractivity contribution in [3.05, 3.63) is 89.6 Å². The lowest BCUT2D eigenvalue weighted by Crippen LogP contribution is -2.33. The third-order valence-electron chi connectivity index (χ3n) is 6.96. The van der Waals surface area contributed by atoms with Gasteiger partial charge < -0.3 is 25.4 Å². The van der Waals surface area contributed by atoms with Gasteiger partial charge in [0.2, 0.25) is 5.91 Å². The quantitative estimate of drug-likeness (QED) is 0.470. The van der Waals surface area contributed by atoms with Gasteiger partial charge in [-0.05, 0) is 53.3 Å². The fourth-order valence-corrected chi connectivity index (χ4v) is 4.91. The van der Waals surface area contributed by atoms with Crippen LogP contribution in [0.4, 0.5) is 14.9 Å². The molecule has 1 aliphatic carbocycles. The summed E-state index contributed by atoms with van der Waals surface area (Å²) >= 11 is 0. The number of halogens is 1. The number of ether oxygens (including phenoxy) is 2. The maximum Gasteiger partial charge on any atom is 0.414 e. The van der Waals surface area contributed by atoms with Gasteiger partial charge in [0.25, 0.3) is 0 Å². The predicted octanol–water partition coefficient (Wildman–Crippen LogP) is 3.62. The van der Waals surface area contributed by atoms with Crippen molar-refractivity contribution < 1.29 is 23.5 Å². The number of fused-ring (bicyclic) bond motifs is 1. The van der Waals surface area contributed by atoms with E-state index in [0.717, 1.165) is 23.4 Å². The van der Waals surface area contributed by atoms with Crippen LogP contribution in [0.2, 0.25) is 0 Å². The van der Waals surface area contributed by atoms with Crippen LogP contribution in [0.15, 0.2) is 78.2 Å². The molecule has 8 nitrogen and oxygen atoms in total. The lowest BCUT2D eigenvalue weighted by molar-refractivity contribution is -0.119. The number of benzene rings is 2. The number of cyclic esters (lactones) is 1. The molecule has 0 saturated carbocycles.